The van der Waals surface area contributed by atoms with Crippen LogP contribution in [0.4, 0.5) is 4.39 Å². The fourth-order valence-corrected chi connectivity index (χ4v) is 1.15. The highest BCUT2D eigenvalue weighted by Gasteiger charge is 2.12. The van der Waals surface area contributed by atoms with Crippen LogP contribution in [0.15, 0.2) is 24.9 Å². The van der Waals surface area contributed by atoms with E-state index in [0.717, 1.165) is 0 Å². The molecule has 2 aromatic heterocycles. The molecule has 0 aliphatic rings. The molecule has 0 aliphatic heterocycles. The normalized spacial score (nSPS) is 10.3. The molecule has 0 atom stereocenters. The highest BCUT2D eigenvalue weighted by atomic mass is 19.1. The molecular formula is C9H8FN5. The third-order valence-electron chi connectivity index (χ3n) is 1.86. The summed E-state index contributed by atoms with van der Waals surface area (Å²) in [7, 11) is 0. The van der Waals surface area contributed by atoms with E-state index in [-0.39, 0.29) is 17.9 Å². The average molecular weight is 205 g/mol. The number of nitrogens with zero attached hydrogens (tertiary/aromatic N) is 4. The lowest BCUT2D eigenvalue weighted by Crippen LogP contribution is -2.06. The van der Waals surface area contributed by atoms with Gasteiger partial charge in [0, 0.05) is 18.9 Å². The van der Waals surface area contributed by atoms with E-state index < -0.39 is 5.82 Å². The van der Waals surface area contributed by atoms with Crippen molar-refractivity contribution in [1.29, 1.82) is 0 Å². The second-order valence-corrected chi connectivity index (χ2v) is 2.78. The number of halogens is 1. The van der Waals surface area contributed by atoms with Gasteiger partial charge in [0.2, 0.25) is 0 Å². The summed E-state index contributed by atoms with van der Waals surface area (Å²) in [5.41, 5.74) is 5.99. The first-order valence-electron chi connectivity index (χ1n) is 4.28. The lowest BCUT2D eigenvalue weighted by molar-refractivity contribution is 0.595. The number of aromatic nitrogens is 4. The Bertz CT molecular complexity index is 459. The summed E-state index contributed by atoms with van der Waals surface area (Å²) in [4.78, 5) is 15.3. The van der Waals surface area contributed by atoms with E-state index in [1.54, 1.807) is 0 Å². The van der Waals surface area contributed by atoms with E-state index >= 15 is 0 Å². The summed E-state index contributed by atoms with van der Waals surface area (Å²) in [5, 5.41) is 0. The Hall–Kier alpha value is -1.95. The molecule has 0 aromatic carbocycles. The third kappa shape index (κ3) is 1.79. The van der Waals surface area contributed by atoms with Gasteiger partial charge in [0.25, 0.3) is 0 Å². The standard InChI is InChI=1S/C9H8FN5/c10-8-6(3-11)14-5-15-9(8)7-4-12-1-2-13-7/h1-2,4-5H,3,11H2. The third-order valence-corrected chi connectivity index (χ3v) is 1.86. The lowest BCUT2D eigenvalue weighted by Gasteiger charge is -2.03. The van der Waals surface area contributed by atoms with Crippen LogP contribution in [0.1, 0.15) is 5.69 Å². The van der Waals surface area contributed by atoms with E-state index in [2.05, 4.69) is 19.9 Å². The number of rotatable bonds is 2. The Morgan fingerprint density at radius 2 is 2.07 bits per heavy atom. The first-order chi connectivity index (χ1) is 7.33. The summed E-state index contributed by atoms with van der Waals surface area (Å²) in [6, 6.07) is 0. The van der Waals surface area contributed by atoms with Gasteiger partial charge < -0.3 is 5.73 Å². The molecule has 0 fully saturated rings. The predicted octanol–water partition coefficient (Wildman–Crippen LogP) is 0.531. The SMILES string of the molecule is NCc1ncnc(-c2cnccn2)c1F. The Balaban J connectivity index is 2.54. The minimum Gasteiger partial charge on any atom is -0.325 e. The van der Waals surface area contributed by atoms with Gasteiger partial charge in [-0.1, -0.05) is 0 Å². The Kier molecular flexibility index (Phi) is 2.59. The molecule has 15 heavy (non-hydrogen) atoms. The highest BCUT2D eigenvalue weighted by molar-refractivity contribution is 5.53. The monoisotopic (exact) mass is 205 g/mol. The van der Waals surface area contributed by atoms with Gasteiger partial charge in [-0.25, -0.2) is 14.4 Å². The minimum atomic E-state index is -0.541. The first-order valence-corrected chi connectivity index (χ1v) is 4.28. The van der Waals surface area contributed by atoms with Crippen molar-refractivity contribution < 1.29 is 4.39 Å². The molecule has 0 amide bonds. The van der Waals surface area contributed by atoms with Crippen LogP contribution in [0.5, 0.6) is 0 Å². The quantitative estimate of drug-likeness (QED) is 0.773. The second-order valence-electron chi connectivity index (χ2n) is 2.78. The zero-order chi connectivity index (χ0) is 10.7. The molecule has 2 rings (SSSR count). The van der Waals surface area contributed by atoms with Gasteiger partial charge in [-0.05, 0) is 0 Å². The molecule has 0 saturated heterocycles. The number of nitrogens with two attached hydrogens (primary N) is 1. The van der Waals surface area contributed by atoms with E-state index in [9.17, 15) is 4.39 Å². The number of hydrogen-bond donors (Lipinski definition) is 1. The summed E-state index contributed by atoms with van der Waals surface area (Å²) < 4.78 is 13.7. The molecular weight excluding hydrogens is 197 g/mol. The zero-order valence-electron chi connectivity index (χ0n) is 7.76. The molecule has 6 heteroatoms. The van der Waals surface area contributed by atoms with Crippen LogP contribution in [-0.2, 0) is 6.54 Å². The van der Waals surface area contributed by atoms with Crippen LogP contribution in [-0.4, -0.2) is 19.9 Å². The summed E-state index contributed by atoms with van der Waals surface area (Å²) in [6.07, 6.45) is 5.67. The van der Waals surface area contributed by atoms with Crippen molar-refractivity contribution in [2.24, 2.45) is 5.73 Å². The van der Waals surface area contributed by atoms with Gasteiger partial charge in [-0.2, -0.15) is 0 Å². The van der Waals surface area contributed by atoms with Crippen LogP contribution in [0.3, 0.4) is 0 Å². The van der Waals surface area contributed by atoms with Crippen molar-refractivity contribution in [3.05, 3.63) is 36.4 Å². The largest absolute Gasteiger partial charge is 0.325 e. The van der Waals surface area contributed by atoms with Crippen molar-refractivity contribution in [2.75, 3.05) is 0 Å². The van der Waals surface area contributed by atoms with Gasteiger partial charge in [0.05, 0.1) is 11.9 Å². The van der Waals surface area contributed by atoms with Gasteiger partial charge in [-0.3, -0.25) is 9.97 Å². The van der Waals surface area contributed by atoms with E-state index in [1.807, 2.05) is 0 Å². The van der Waals surface area contributed by atoms with Gasteiger partial charge in [0.15, 0.2) is 5.82 Å². The molecule has 76 valence electrons. The predicted molar refractivity (Wildman–Crippen MR) is 50.9 cm³/mol. The molecule has 0 bridgehead atoms. The Labute approximate surface area is 85.2 Å². The summed E-state index contributed by atoms with van der Waals surface area (Å²) in [5.74, 6) is -0.541. The van der Waals surface area contributed by atoms with Gasteiger partial charge in [-0.15, -0.1) is 0 Å². The van der Waals surface area contributed by atoms with Crippen LogP contribution >= 0.6 is 0 Å². The van der Waals surface area contributed by atoms with Crippen LogP contribution in [0.25, 0.3) is 11.4 Å². The van der Waals surface area contributed by atoms with Crippen molar-refractivity contribution in [3.8, 4) is 11.4 Å². The van der Waals surface area contributed by atoms with Crippen molar-refractivity contribution in [2.45, 2.75) is 6.54 Å². The maximum absolute atomic E-state index is 13.7. The fourth-order valence-electron chi connectivity index (χ4n) is 1.15. The fraction of sp³-hybridized carbons (Fsp3) is 0.111. The van der Waals surface area contributed by atoms with Crippen LogP contribution < -0.4 is 5.73 Å². The second kappa shape index (κ2) is 4.05. The molecule has 0 spiro atoms. The number of hydrogen-bond acceptors (Lipinski definition) is 5. The molecule has 5 nitrogen and oxygen atoms in total. The maximum Gasteiger partial charge on any atom is 0.173 e. The Morgan fingerprint density at radius 1 is 1.20 bits per heavy atom. The van der Waals surface area contributed by atoms with E-state index in [0.29, 0.717) is 5.69 Å². The molecule has 0 saturated carbocycles. The molecule has 0 aliphatic carbocycles. The topological polar surface area (TPSA) is 77.6 Å². The van der Waals surface area contributed by atoms with Crippen molar-refractivity contribution in [1.82, 2.24) is 19.9 Å². The van der Waals surface area contributed by atoms with Gasteiger partial charge >= 0.3 is 0 Å². The zero-order valence-corrected chi connectivity index (χ0v) is 7.76. The van der Waals surface area contributed by atoms with Crippen LogP contribution in [0, 0.1) is 5.82 Å². The van der Waals surface area contributed by atoms with Crippen LogP contribution in [0.2, 0.25) is 0 Å². The molecule has 0 unspecified atom stereocenters. The maximum atomic E-state index is 13.7. The molecule has 0 radical (unpaired) electrons. The minimum absolute atomic E-state index is 0.0294. The highest BCUT2D eigenvalue weighted by Crippen LogP contribution is 2.17. The van der Waals surface area contributed by atoms with Gasteiger partial charge in [0.1, 0.15) is 17.7 Å². The first kappa shape index (κ1) is 9.60. The molecule has 2 aromatic rings. The Morgan fingerprint density at radius 3 is 2.73 bits per heavy atom. The van der Waals surface area contributed by atoms with Crippen molar-refractivity contribution in [3.63, 3.8) is 0 Å². The lowest BCUT2D eigenvalue weighted by atomic mass is 10.2. The molecule has 2 heterocycles. The van der Waals surface area contributed by atoms with E-state index in [4.69, 9.17) is 5.73 Å². The smallest absolute Gasteiger partial charge is 0.173 e. The summed E-state index contributed by atoms with van der Waals surface area (Å²) in [6.45, 7) is 0.0294. The summed E-state index contributed by atoms with van der Waals surface area (Å²) >= 11 is 0. The molecule has 2 N–H and O–H groups in total. The van der Waals surface area contributed by atoms with E-state index in [1.165, 1.54) is 24.9 Å². The van der Waals surface area contributed by atoms with Crippen molar-refractivity contribution >= 4 is 0 Å². The average Bonchev–Trinajstić information content (AvgIpc) is 2.30.